The lowest BCUT2D eigenvalue weighted by molar-refractivity contribution is -0.130. The molecule has 0 aliphatic carbocycles. The number of phenols is 1. The van der Waals surface area contributed by atoms with Crippen LogP contribution in [-0.2, 0) is 11.2 Å². The number of hydrogen-bond donors (Lipinski definition) is 1. The number of halogens is 1. The van der Waals surface area contributed by atoms with Crippen LogP contribution in [0.25, 0.3) is 0 Å². The number of phenolic OH excluding ortho intramolecular Hbond substituents is 1. The Bertz CT molecular complexity index is 850. The third-order valence-electron chi connectivity index (χ3n) is 4.88. The van der Waals surface area contributed by atoms with Gasteiger partial charge in [-0.05, 0) is 29.8 Å². The number of hydrogen-bond acceptors (Lipinski definition) is 5. The van der Waals surface area contributed by atoms with Crippen LogP contribution in [-0.4, -0.2) is 55.3 Å². The molecule has 1 amide bonds. The quantitative estimate of drug-likeness (QED) is 0.807. The van der Waals surface area contributed by atoms with Crippen molar-refractivity contribution in [2.24, 2.45) is 0 Å². The maximum atomic E-state index is 12.8. The average molecular weight is 433 g/mol. The van der Waals surface area contributed by atoms with Crippen LogP contribution < -0.4 is 14.4 Å². The number of carbonyl (C=O) groups is 1. The fourth-order valence-electron chi connectivity index (χ4n) is 3.42. The Morgan fingerprint density at radius 1 is 1.04 bits per heavy atom. The van der Waals surface area contributed by atoms with Gasteiger partial charge in [-0.2, -0.15) is 0 Å². The first kappa shape index (κ1) is 18.0. The van der Waals surface area contributed by atoms with E-state index < -0.39 is 0 Å². The van der Waals surface area contributed by atoms with Crippen molar-refractivity contribution in [3.8, 4) is 17.2 Å². The number of aromatic hydroxyl groups is 1. The summed E-state index contributed by atoms with van der Waals surface area (Å²) in [5.74, 6) is 1.77. The van der Waals surface area contributed by atoms with Gasteiger partial charge in [0.2, 0.25) is 5.91 Å². The zero-order valence-corrected chi connectivity index (χ0v) is 16.4. The Hall–Kier alpha value is -2.41. The molecule has 0 unspecified atom stereocenters. The molecule has 2 aromatic rings. The predicted molar refractivity (Wildman–Crippen MR) is 106 cm³/mol. The minimum Gasteiger partial charge on any atom is -0.508 e. The molecule has 0 bridgehead atoms. The van der Waals surface area contributed by atoms with Crippen LogP contribution in [0.5, 0.6) is 17.2 Å². The van der Waals surface area contributed by atoms with Gasteiger partial charge in [-0.15, -0.1) is 0 Å². The molecule has 0 radical (unpaired) electrons. The Labute approximate surface area is 166 Å². The van der Waals surface area contributed by atoms with E-state index in [4.69, 9.17) is 9.47 Å². The van der Waals surface area contributed by atoms with E-state index in [0.717, 1.165) is 28.8 Å². The van der Waals surface area contributed by atoms with E-state index in [1.165, 1.54) is 0 Å². The molecule has 0 atom stereocenters. The molecule has 0 spiro atoms. The predicted octanol–water partition coefficient (Wildman–Crippen LogP) is 2.82. The highest BCUT2D eigenvalue weighted by molar-refractivity contribution is 9.10. The van der Waals surface area contributed by atoms with Gasteiger partial charge in [0.05, 0.1) is 6.42 Å². The molecule has 2 heterocycles. The summed E-state index contributed by atoms with van der Waals surface area (Å²) < 4.78 is 12.0. The van der Waals surface area contributed by atoms with E-state index in [9.17, 15) is 9.90 Å². The van der Waals surface area contributed by atoms with Crippen molar-refractivity contribution in [3.05, 3.63) is 46.4 Å². The molecule has 6 nitrogen and oxygen atoms in total. The standard InChI is InChI=1S/C20H21BrN2O4/c21-17-13-19-18(26-8-9-27-19)10-14(17)11-20(25)23-6-4-22(5-7-23)15-2-1-3-16(24)12-15/h1-3,10,12-13,24H,4-9,11H2. The van der Waals surface area contributed by atoms with Gasteiger partial charge in [0.1, 0.15) is 19.0 Å². The Morgan fingerprint density at radius 3 is 2.44 bits per heavy atom. The van der Waals surface area contributed by atoms with Gasteiger partial charge in [-0.25, -0.2) is 0 Å². The van der Waals surface area contributed by atoms with E-state index in [2.05, 4.69) is 20.8 Å². The Morgan fingerprint density at radius 2 is 1.74 bits per heavy atom. The molecular formula is C20H21BrN2O4. The zero-order chi connectivity index (χ0) is 18.8. The summed E-state index contributed by atoms with van der Waals surface area (Å²) in [6.07, 6.45) is 0.323. The molecule has 2 aromatic carbocycles. The first-order valence-electron chi connectivity index (χ1n) is 9.00. The van der Waals surface area contributed by atoms with Gasteiger partial charge in [0.15, 0.2) is 11.5 Å². The fourth-order valence-corrected chi connectivity index (χ4v) is 3.88. The summed E-state index contributed by atoms with van der Waals surface area (Å²) in [5.41, 5.74) is 1.89. The van der Waals surface area contributed by atoms with Crippen LogP contribution in [0.4, 0.5) is 5.69 Å². The van der Waals surface area contributed by atoms with Gasteiger partial charge in [0, 0.05) is 42.4 Å². The van der Waals surface area contributed by atoms with Crippen LogP contribution in [0.3, 0.4) is 0 Å². The molecular weight excluding hydrogens is 412 g/mol. The van der Waals surface area contributed by atoms with E-state index in [1.807, 2.05) is 29.2 Å². The molecule has 1 N–H and O–H groups in total. The van der Waals surface area contributed by atoms with Crippen LogP contribution in [0, 0.1) is 0 Å². The van der Waals surface area contributed by atoms with Crippen LogP contribution >= 0.6 is 15.9 Å². The lowest BCUT2D eigenvalue weighted by Gasteiger charge is -2.36. The second kappa shape index (κ2) is 7.68. The Kier molecular flexibility index (Phi) is 5.11. The van der Waals surface area contributed by atoms with Gasteiger partial charge >= 0.3 is 0 Å². The highest BCUT2D eigenvalue weighted by Gasteiger charge is 2.23. The highest BCUT2D eigenvalue weighted by Crippen LogP contribution is 2.36. The summed E-state index contributed by atoms with van der Waals surface area (Å²) in [5, 5.41) is 9.64. The van der Waals surface area contributed by atoms with Crippen molar-refractivity contribution in [3.63, 3.8) is 0 Å². The lowest BCUT2D eigenvalue weighted by Crippen LogP contribution is -2.49. The summed E-state index contributed by atoms with van der Waals surface area (Å²) in [4.78, 5) is 16.8. The molecule has 1 fully saturated rings. The van der Waals surface area contributed by atoms with E-state index in [-0.39, 0.29) is 11.7 Å². The van der Waals surface area contributed by atoms with E-state index >= 15 is 0 Å². The number of amides is 1. The van der Waals surface area contributed by atoms with Gasteiger partial charge in [-0.3, -0.25) is 4.79 Å². The summed E-state index contributed by atoms with van der Waals surface area (Å²) in [7, 11) is 0. The maximum Gasteiger partial charge on any atom is 0.227 e. The number of benzene rings is 2. The van der Waals surface area contributed by atoms with Gasteiger partial charge in [-0.1, -0.05) is 22.0 Å². The van der Waals surface area contributed by atoms with E-state index in [0.29, 0.717) is 44.2 Å². The molecule has 2 aliphatic heterocycles. The van der Waals surface area contributed by atoms with Gasteiger partial charge < -0.3 is 24.4 Å². The first-order valence-corrected chi connectivity index (χ1v) is 9.79. The van der Waals surface area contributed by atoms with Gasteiger partial charge in [0.25, 0.3) is 0 Å². The van der Waals surface area contributed by atoms with Crippen LogP contribution in [0.2, 0.25) is 0 Å². The van der Waals surface area contributed by atoms with Crippen LogP contribution in [0.15, 0.2) is 40.9 Å². The normalized spacial score (nSPS) is 16.3. The van der Waals surface area contributed by atoms with Crippen molar-refractivity contribution >= 4 is 27.5 Å². The second-order valence-electron chi connectivity index (χ2n) is 6.65. The number of rotatable bonds is 3. The highest BCUT2D eigenvalue weighted by atomic mass is 79.9. The number of carbonyl (C=O) groups excluding carboxylic acids is 1. The number of fused-ring (bicyclic) bond motifs is 1. The third kappa shape index (κ3) is 3.98. The monoisotopic (exact) mass is 432 g/mol. The summed E-state index contributed by atoms with van der Waals surface area (Å²) in [6, 6.07) is 11.0. The van der Waals surface area contributed by atoms with Crippen molar-refractivity contribution in [1.82, 2.24) is 4.90 Å². The minimum absolute atomic E-state index is 0.0999. The third-order valence-corrected chi connectivity index (χ3v) is 5.62. The van der Waals surface area contributed by atoms with Crippen molar-refractivity contribution in [2.75, 3.05) is 44.3 Å². The maximum absolute atomic E-state index is 12.8. The SMILES string of the molecule is O=C(Cc1cc2c(cc1Br)OCCO2)N1CCN(c2cccc(O)c2)CC1. The number of anilines is 1. The molecule has 142 valence electrons. The first-order chi connectivity index (χ1) is 13.1. The smallest absolute Gasteiger partial charge is 0.227 e. The van der Waals surface area contributed by atoms with Crippen molar-refractivity contribution in [2.45, 2.75) is 6.42 Å². The molecule has 4 rings (SSSR count). The van der Waals surface area contributed by atoms with Crippen molar-refractivity contribution in [1.29, 1.82) is 0 Å². The number of ether oxygens (including phenoxy) is 2. The van der Waals surface area contributed by atoms with Crippen LogP contribution in [0.1, 0.15) is 5.56 Å². The van der Waals surface area contributed by atoms with E-state index in [1.54, 1.807) is 12.1 Å². The molecule has 2 aliphatic rings. The molecule has 27 heavy (non-hydrogen) atoms. The van der Waals surface area contributed by atoms with Crippen molar-refractivity contribution < 1.29 is 19.4 Å². The lowest BCUT2D eigenvalue weighted by atomic mass is 10.1. The number of nitrogens with zero attached hydrogens (tertiary/aromatic N) is 2. The largest absolute Gasteiger partial charge is 0.508 e. The topological polar surface area (TPSA) is 62.2 Å². The summed E-state index contributed by atoms with van der Waals surface area (Å²) in [6.45, 7) is 3.89. The minimum atomic E-state index is 0.0999. The molecule has 0 saturated carbocycles. The molecule has 7 heteroatoms. The average Bonchev–Trinajstić information content (AvgIpc) is 2.68. The second-order valence-corrected chi connectivity index (χ2v) is 7.51. The Balaban J connectivity index is 1.39. The zero-order valence-electron chi connectivity index (χ0n) is 14.9. The fraction of sp³-hybridized carbons (Fsp3) is 0.350. The molecule has 1 saturated heterocycles. The molecule has 0 aromatic heterocycles. The number of piperazine rings is 1. The summed E-state index contributed by atoms with van der Waals surface area (Å²) >= 11 is 3.54.